The molecule has 0 aliphatic carbocycles. The summed E-state index contributed by atoms with van der Waals surface area (Å²) < 4.78 is 11.2. The second kappa shape index (κ2) is 6.66. The molecule has 20 heavy (non-hydrogen) atoms. The van der Waals surface area contributed by atoms with Crippen molar-refractivity contribution in [1.29, 1.82) is 0 Å². The van der Waals surface area contributed by atoms with Gasteiger partial charge in [0.2, 0.25) is 0 Å². The zero-order valence-electron chi connectivity index (χ0n) is 12.2. The molecule has 2 fully saturated rings. The molecule has 0 radical (unpaired) electrons. The summed E-state index contributed by atoms with van der Waals surface area (Å²) in [7, 11) is 1.84. The maximum atomic E-state index is 5.70. The number of rotatable bonds is 5. The van der Waals surface area contributed by atoms with Gasteiger partial charge >= 0.3 is 0 Å². The molecule has 0 N–H and O–H groups in total. The Morgan fingerprint density at radius 3 is 3.10 bits per heavy atom. The molecule has 0 amide bonds. The molecule has 3 rings (SSSR count). The van der Waals surface area contributed by atoms with Gasteiger partial charge in [0.1, 0.15) is 0 Å². The standard InChI is InChI=1S/C16H24N2O2/c1-19-16-4-7-18(11-14-5-8-20-12-14)15(16)9-13-3-2-6-17-10-13/h2-3,6,10,14-16H,4-5,7-9,11-12H2,1H3/t14-,15-,16-/m0/s1. The first-order valence-corrected chi connectivity index (χ1v) is 7.60. The van der Waals surface area contributed by atoms with Gasteiger partial charge in [-0.25, -0.2) is 0 Å². The van der Waals surface area contributed by atoms with E-state index < -0.39 is 0 Å². The molecular weight excluding hydrogens is 252 g/mol. The van der Waals surface area contributed by atoms with Crippen molar-refractivity contribution in [2.45, 2.75) is 31.4 Å². The van der Waals surface area contributed by atoms with Crippen LogP contribution in [0.2, 0.25) is 0 Å². The van der Waals surface area contributed by atoms with Crippen LogP contribution in [0.15, 0.2) is 24.5 Å². The molecule has 4 nitrogen and oxygen atoms in total. The van der Waals surface area contributed by atoms with E-state index in [-0.39, 0.29) is 0 Å². The summed E-state index contributed by atoms with van der Waals surface area (Å²) in [6.07, 6.45) is 7.52. The van der Waals surface area contributed by atoms with Gasteiger partial charge in [-0.15, -0.1) is 0 Å². The lowest BCUT2D eigenvalue weighted by Gasteiger charge is -2.29. The first-order valence-electron chi connectivity index (χ1n) is 7.60. The minimum absolute atomic E-state index is 0.345. The number of ether oxygens (including phenoxy) is 2. The van der Waals surface area contributed by atoms with E-state index in [1.807, 2.05) is 25.6 Å². The molecule has 2 saturated heterocycles. The largest absolute Gasteiger partial charge is 0.381 e. The lowest BCUT2D eigenvalue weighted by Crippen LogP contribution is -2.40. The van der Waals surface area contributed by atoms with Gasteiger partial charge in [-0.1, -0.05) is 6.07 Å². The zero-order valence-corrected chi connectivity index (χ0v) is 12.2. The molecule has 0 unspecified atom stereocenters. The van der Waals surface area contributed by atoms with Crippen molar-refractivity contribution in [3.8, 4) is 0 Å². The second-order valence-electron chi connectivity index (χ2n) is 5.92. The first kappa shape index (κ1) is 14.0. The predicted octanol–water partition coefficient (Wildman–Crippen LogP) is 1.75. The molecule has 110 valence electrons. The minimum atomic E-state index is 0.345. The van der Waals surface area contributed by atoms with Gasteiger partial charge in [0.15, 0.2) is 0 Å². The van der Waals surface area contributed by atoms with E-state index >= 15 is 0 Å². The Morgan fingerprint density at radius 1 is 1.45 bits per heavy atom. The van der Waals surface area contributed by atoms with Crippen LogP contribution in [-0.4, -0.2) is 55.4 Å². The van der Waals surface area contributed by atoms with Crippen LogP contribution in [0.4, 0.5) is 0 Å². The fraction of sp³-hybridized carbons (Fsp3) is 0.688. The number of methoxy groups -OCH3 is 1. The Labute approximate surface area is 121 Å². The normalized spacial score (nSPS) is 30.9. The van der Waals surface area contributed by atoms with Crippen LogP contribution in [0.3, 0.4) is 0 Å². The number of pyridine rings is 1. The third-order valence-electron chi connectivity index (χ3n) is 4.59. The Kier molecular flexibility index (Phi) is 4.65. The molecular formula is C16H24N2O2. The van der Waals surface area contributed by atoms with Gasteiger partial charge in [-0.2, -0.15) is 0 Å². The highest BCUT2D eigenvalue weighted by molar-refractivity contribution is 5.12. The number of hydrogen-bond acceptors (Lipinski definition) is 4. The molecule has 3 heterocycles. The van der Waals surface area contributed by atoms with E-state index in [9.17, 15) is 0 Å². The van der Waals surface area contributed by atoms with E-state index in [0.29, 0.717) is 18.1 Å². The molecule has 0 saturated carbocycles. The van der Waals surface area contributed by atoms with E-state index in [1.54, 1.807) is 0 Å². The van der Waals surface area contributed by atoms with Crippen LogP contribution in [0.25, 0.3) is 0 Å². The van der Waals surface area contributed by atoms with Crippen molar-refractivity contribution in [2.75, 3.05) is 33.4 Å². The number of likely N-dealkylation sites (tertiary alicyclic amines) is 1. The molecule has 1 aromatic heterocycles. The first-order chi connectivity index (χ1) is 9.86. The quantitative estimate of drug-likeness (QED) is 0.820. The summed E-state index contributed by atoms with van der Waals surface area (Å²) in [6.45, 7) is 4.14. The molecule has 2 aliphatic heterocycles. The van der Waals surface area contributed by atoms with Gasteiger partial charge in [-0.05, 0) is 36.8 Å². The van der Waals surface area contributed by atoms with Crippen LogP contribution in [0, 0.1) is 5.92 Å². The van der Waals surface area contributed by atoms with Crippen molar-refractivity contribution in [3.63, 3.8) is 0 Å². The molecule has 0 spiro atoms. The van der Waals surface area contributed by atoms with Crippen LogP contribution in [0.1, 0.15) is 18.4 Å². The lowest BCUT2D eigenvalue weighted by molar-refractivity contribution is 0.0604. The van der Waals surface area contributed by atoms with Crippen LogP contribution in [0.5, 0.6) is 0 Å². The summed E-state index contributed by atoms with van der Waals surface area (Å²) in [5.41, 5.74) is 1.30. The zero-order chi connectivity index (χ0) is 13.8. The molecule has 0 bridgehead atoms. The summed E-state index contributed by atoms with van der Waals surface area (Å²) in [4.78, 5) is 6.82. The molecule has 1 aromatic rings. The van der Waals surface area contributed by atoms with E-state index in [1.165, 1.54) is 12.0 Å². The van der Waals surface area contributed by atoms with E-state index in [2.05, 4.69) is 16.0 Å². The highest BCUT2D eigenvalue weighted by Gasteiger charge is 2.35. The second-order valence-corrected chi connectivity index (χ2v) is 5.92. The summed E-state index contributed by atoms with van der Waals surface area (Å²) >= 11 is 0. The van der Waals surface area contributed by atoms with Gasteiger partial charge in [-0.3, -0.25) is 9.88 Å². The summed E-state index contributed by atoms with van der Waals surface area (Å²) in [5.74, 6) is 0.696. The van der Waals surface area contributed by atoms with Crippen LogP contribution in [-0.2, 0) is 15.9 Å². The van der Waals surface area contributed by atoms with Crippen LogP contribution < -0.4 is 0 Å². The molecule has 3 atom stereocenters. The van der Waals surface area contributed by atoms with Gasteiger partial charge < -0.3 is 9.47 Å². The van der Waals surface area contributed by atoms with E-state index in [0.717, 1.165) is 39.1 Å². The Morgan fingerprint density at radius 2 is 2.40 bits per heavy atom. The number of hydrogen-bond donors (Lipinski definition) is 0. The van der Waals surface area contributed by atoms with Crippen LogP contribution >= 0.6 is 0 Å². The maximum absolute atomic E-state index is 5.70. The van der Waals surface area contributed by atoms with Crippen molar-refractivity contribution in [3.05, 3.63) is 30.1 Å². The third-order valence-corrected chi connectivity index (χ3v) is 4.59. The summed E-state index contributed by atoms with van der Waals surface area (Å²) in [5, 5.41) is 0. The fourth-order valence-electron chi connectivity index (χ4n) is 3.47. The summed E-state index contributed by atoms with van der Waals surface area (Å²) in [6, 6.07) is 4.65. The molecule has 2 aliphatic rings. The number of aromatic nitrogens is 1. The smallest absolute Gasteiger partial charge is 0.0741 e. The third kappa shape index (κ3) is 3.19. The number of nitrogens with zero attached hydrogens (tertiary/aromatic N) is 2. The minimum Gasteiger partial charge on any atom is -0.381 e. The fourth-order valence-corrected chi connectivity index (χ4v) is 3.47. The molecule has 0 aromatic carbocycles. The van der Waals surface area contributed by atoms with Gasteiger partial charge in [0.05, 0.1) is 12.7 Å². The maximum Gasteiger partial charge on any atom is 0.0741 e. The van der Waals surface area contributed by atoms with Gasteiger partial charge in [0, 0.05) is 45.2 Å². The predicted molar refractivity (Wildman–Crippen MR) is 77.6 cm³/mol. The van der Waals surface area contributed by atoms with Crippen molar-refractivity contribution < 1.29 is 9.47 Å². The van der Waals surface area contributed by atoms with Crippen molar-refractivity contribution in [1.82, 2.24) is 9.88 Å². The van der Waals surface area contributed by atoms with Crippen molar-refractivity contribution >= 4 is 0 Å². The average Bonchev–Trinajstić information content (AvgIpc) is 3.11. The van der Waals surface area contributed by atoms with E-state index in [4.69, 9.17) is 9.47 Å². The van der Waals surface area contributed by atoms with Crippen molar-refractivity contribution in [2.24, 2.45) is 5.92 Å². The highest BCUT2D eigenvalue weighted by atomic mass is 16.5. The molecule has 4 heteroatoms. The highest BCUT2D eigenvalue weighted by Crippen LogP contribution is 2.26. The topological polar surface area (TPSA) is 34.6 Å². The average molecular weight is 276 g/mol. The Bertz CT molecular complexity index is 406. The lowest BCUT2D eigenvalue weighted by atomic mass is 10.0. The monoisotopic (exact) mass is 276 g/mol. The Hall–Kier alpha value is -0.970. The Balaban J connectivity index is 1.65. The SMILES string of the molecule is CO[C@H]1CCN(C[C@@H]2CCOC2)[C@H]1Cc1cccnc1. The van der Waals surface area contributed by atoms with Gasteiger partial charge in [0.25, 0.3) is 0 Å².